The van der Waals surface area contributed by atoms with Gasteiger partial charge in [-0.25, -0.2) is 0 Å². The molecule has 1 saturated heterocycles. The lowest BCUT2D eigenvalue weighted by Gasteiger charge is -2.39. The molecule has 0 radical (unpaired) electrons. The molecule has 1 amide bonds. The first kappa shape index (κ1) is 23.3. The van der Waals surface area contributed by atoms with E-state index in [1.807, 2.05) is 18.2 Å². The van der Waals surface area contributed by atoms with Crippen molar-refractivity contribution in [3.63, 3.8) is 0 Å². The standard InChI is InChI=1S/C26H31ClN2O5/c1-32-21-5-6-22(25(31)28-19-3-4-19)24(13-21)33-16-20(30)15-29-10-8-26(9-11-29)14-17-12-18(27)2-7-23(17)34-26/h2,5-7,12-13,19-20,30H,3-4,8-11,14-16H2,1H3,(H,28,31)/t20-/m1/s1. The molecule has 7 nitrogen and oxygen atoms in total. The second-order valence-electron chi connectivity index (χ2n) is 9.59. The highest BCUT2D eigenvalue weighted by atomic mass is 35.5. The molecule has 2 fully saturated rings. The summed E-state index contributed by atoms with van der Waals surface area (Å²) in [4.78, 5) is 14.8. The van der Waals surface area contributed by atoms with E-state index in [9.17, 15) is 9.90 Å². The number of fused-ring (bicyclic) bond motifs is 1. The smallest absolute Gasteiger partial charge is 0.255 e. The molecule has 5 rings (SSSR count). The van der Waals surface area contributed by atoms with Crippen LogP contribution in [-0.2, 0) is 6.42 Å². The number of halogens is 1. The first-order valence-electron chi connectivity index (χ1n) is 11.9. The van der Waals surface area contributed by atoms with Crippen LogP contribution in [0.1, 0.15) is 41.6 Å². The van der Waals surface area contributed by atoms with Crippen LogP contribution >= 0.6 is 11.6 Å². The molecule has 182 valence electrons. The fourth-order valence-electron chi connectivity index (χ4n) is 4.79. The predicted octanol–water partition coefficient (Wildman–Crippen LogP) is 3.45. The highest BCUT2D eigenvalue weighted by Gasteiger charge is 2.42. The normalized spacial score (nSPS) is 19.9. The minimum absolute atomic E-state index is 0.0962. The number of nitrogens with zero attached hydrogens (tertiary/aromatic N) is 1. The molecule has 1 spiro atoms. The largest absolute Gasteiger partial charge is 0.497 e. The number of hydrogen-bond donors (Lipinski definition) is 2. The van der Waals surface area contributed by atoms with Gasteiger partial charge in [0.25, 0.3) is 5.91 Å². The summed E-state index contributed by atoms with van der Waals surface area (Å²) in [5.74, 6) is 1.80. The summed E-state index contributed by atoms with van der Waals surface area (Å²) in [6.45, 7) is 2.28. The molecule has 3 aliphatic rings. The summed E-state index contributed by atoms with van der Waals surface area (Å²) in [7, 11) is 1.57. The van der Waals surface area contributed by atoms with Crippen LogP contribution in [0.3, 0.4) is 0 Å². The quantitative estimate of drug-likeness (QED) is 0.595. The Hall–Kier alpha value is -2.48. The van der Waals surface area contributed by atoms with Crippen molar-refractivity contribution in [3.05, 3.63) is 52.5 Å². The van der Waals surface area contributed by atoms with E-state index in [1.165, 1.54) is 5.56 Å². The van der Waals surface area contributed by atoms with Crippen molar-refractivity contribution >= 4 is 17.5 Å². The molecule has 1 atom stereocenters. The number of methoxy groups -OCH3 is 1. The maximum atomic E-state index is 12.6. The van der Waals surface area contributed by atoms with E-state index in [0.29, 0.717) is 23.6 Å². The number of piperidine rings is 1. The highest BCUT2D eigenvalue weighted by Crippen LogP contribution is 2.42. The van der Waals surface area contributed by atoms with Crippen molar-refractivity contribution in [1.29, 1.82) is 0 Å². The minimum Gasteiger partial charge on any atom is -0.497 e. The lowest BCUT2D eigenvalue weighted by atomic mass is 9.87. The fourth-order valence-corrected chi connectivity index (χ4v) is 4.98. The van der Waals surface area contributed by atoms with Gasteiger partial charge in [0.1, 0.15) is 35.6 Å². The molecule has 0 aromatic heterocycles. The number of carbonyl (C=O) groups is 1. The summed E-state index contributed by atoms with van der Waals surface area (Å²) in [6, 6.07) is 11.2. The average Bonchev–Trinajstić information content (AvgIpc) is 3.58. The summed E-state index contributed by atoms with van der Waals surface area (Å²) in [6.07, 6.45) is 4.02. The summed E-state index contributed by atoms with van der Waals surface area (Å²) >= 11 is 6.14. The van der Waals surface area contributed by atoms with Crippen molar-refractivity contribution in [2.24, 2.45) is 0 Å². The van der Waals surface area contributed by atoms with E-state index in [1.54, 1.807) is 25.3 Å². The molecule has 2 N–H and O–H groups in total. The number of ether oxygens (including phenoxy) is 3. The summed E-state index contributed by atoms with van der Waals surface area (Å²) < 4.78 is 17.5. The van der Waals surface area contributed by atoms with Crippen LogP contribution in [0, 0.1) is 0 Å². The Morgan fingerprint density at radius 2 is 2.06 bits per heavy atom. The molecular formula is C26H31ClN2O5. The lowest BCUT2D eigenvalue weighted by Crippen LogP contribution is -2.49. The van der Waals surface area contributed by atoms with E-state index in [4.69, 9.17) is 25.8 Å². The molecule has 2 aromatic rings. The second kappa shape index (κ2) is 9.64. The topological polar surface area (TPSA) is 80.3 Å². The van der Waals surface area contributed by atoms with Crippen molar-refractivity contribution in [1.82, 2.24) is 10.2 Å². The third kappa shape index (κ3) is 5.27. The number of amides is 1. The molecule has 0 bridgehead atoms. The zero-order valence-corrected chi connectivity index (χ0v) is 20.1. The van der Waals surface area contributed by atoms with Gasteiger partial charge in [0.2, 0.25) is 0 Å². The molecule has 34 heavy (non-hydrogen) atoms. The molecule has 2 aromatic carbocycles. The number of aliphatic hydroxyl groups excluding tert-OH is 1. The van der Waals surface area contributed by atoms with E-state index in [0.717, 1.165) is 56.0 Å². The number of carbonyl (C=O) groups excluding carboxylic acids is 1. The van der Waals surface area contributed by atoms with Gasteiger partial charge in [-0.1, -0.05) is 11.6 Å². The number of β-amino-alcohol motifs (C(OH)–C–C–N with tert-alkyl or cyclic N) is 1. The number of hydrogen-bond acceptors (Lipinski definition) is 6. The number of benzene rings is 2. The number of rotatable bonds is 8. The van der Waals surface area contributed by atoms with Gasteiger partial charge in [-0.15, -0.1) is 0 Å². The Morgan fingerprint density at radius 1 is 1.26 bits per heavy atom. The molecule has 2 aliphatic heterocycles. The van der Waals surface area contributed by atoms with E-state index in [-0.39, 0.29) is 24.2 Å². The van der Waals surface area contributed by atoms with Crippen molar-refractivity contribution < 1.29 is 24.1 Å². The third-order valence-corrected chi connectivity index (χ3v) is 7.11. The van der Waals surface area contributed by atoms with Gasteiger partial charge in [0.05, 0.1) is 12.7 Å². The van der Waals surface area contributed by atoms with Crippen LogP contribution in [0.4, 0.5) is 0 Å². The maximum absolute atomic E-state index is 12.6. The van der Waals surface area contributed by atoms with Crippen LogP contribution in [0.2, 0.25) is 5.02 Å². The monoisotopic (exact) mass is 486 g/mol. The van der Waals surface area contributed by atoms with E-state index < -0.39 is 6.10 Å². The Kier molecular flexibility index (Phi) is 6.60. The Bertz CT molecular complexity index is 1050. The van der Waals surface area contributed by atoms with Crippen LogP contribution in [-0.4, -0.2) is 67.0 Å². The van der Waals surface area contributed by atoms with Gasteiger partial charge < -0.3 is 29.5 Å². The zero-order valence-electron chi connectivity index (χ0n) is 19.4. The molecule has 0 unspecified atom stereocenters. The van der Waals surface area contributed by atoms with Gasteiger partial charge in [-0.3, -0.25) is 4.79 Å². The second-order valence-corrected chi connectivity index (χ2v) is 10.0. The average molecular weight is 487 g/mol. The summed E-state index contributed by atoms with van der Waals surface area (Å²) in [5, 5.41) is 14.4. The third-order valence-electron chi connectivity index (χ3n) is 6.88. The van der Waals surface area contributed by atoms with Crippen molar-refractivity contribution in [2.45, 2.75) is 49.9 Å². The molecule has 8 heteroatoms. The Labute approximate surface area is 204 Å². The van der Waals surface area contributed by atoms with Crippen LogP contribution < -0.4 is 19.5 Å². The number of aliphatic hydroxyl groups is 1. The number of likely N-dealkylation sites (tertiary alicyclic amines) is 1. The van der Waals surface area contributed by atoms with Crippen LogP contribution in [0.25, 0.3) is 0 Å². The molecular weight excluding hydrogens is 456 g/mol. The first-order valence-corrected chi connectivity index (χ1v) is 12.3. The predicted molar refractivity (Wildman–Crippen MR) is 129 cm³/mol. The van der Waals surface area contributed by atoms with Crippen molar-refractivity contribution in [2.75, 3.05) is 33.4 Å². The zero-order chi connectivity index (χ0) is 23.7. The van der Waals surface area contributed by atoms with Gasteiger partial charge in [-0.2, -0.15) is 0 Å². The molecule has 2 heterocycles. The minimum atomic E-state index is -0.680. The van der Waals surface area contributed by atoms with Crippen LogP contribution in [0.15, 0.2) is 36.4 Å². The summed E-state index contributed by atoms with van der Waals surface area (Å²) in [5.41, 5.74) is 1.46. The molecule has 1 saturated carbocycles. The molecule has 1 aliphatic carbocycles. The highest BCUT2D eigenvalue weighted by molar-refractivity contribution is 6.30. The van der Waals surface area contributed by atoms with Gasteiger partial charge >= 0.3 is 0 Å². The van der Waals surface area contributed by atoms with Crippen molar-refractivity contribution in [3.8, 4) is 17.2 Å². The Balaban J connectivity index is 1.13. The van der Waals surface area contributed by atoms with Gasteiger partial charge in [0, 0.05) is 56.0 Å². The maximum Gasteiger partial charge on any atom is 0.255 e. The lowest BCUT2D eigenvalue weighted by molar-refractivity contribution is -0.00200. The van der Waals surface area contributed by atoms with E-state index >= 15 is 0 Å². The number of nitrogens with one attached hydrogen (secondary N) is 1. The Morgan fingerprint density at radius 3 is 2.79 bits per heavy atom. The van der Waals surface area contributed by atoms with Gasteiger partial charge in [0.15, 0.2) is 0 Å². The fraction of sp³-hybridized carbons (Fsp3) is 0.500. The van der Waals surface area contributed by atoms with Crippen LogP contribution in [0.5, 0.6) is 17.2 Å². The SMILES string of the molecule is COc1ccc(C(=O)NC2CC2)c(OC[C@H](O)CN2CCC3(CC2)Cc2cc(Cl)ccc2O3)c1. The van der Waals surface area contributed by atoms with Gasteiger partial charge in [-0.05, 0) is 48.7 Å². The first-order chi connectivity index (χ1) is 16.4. The van der Waals surface area contributed by atoms with E-state index in [2.05, 4.69) is 10.2 Å².